The second-order valence-electron chi connectivity index (χ2n) is 5.29. The van der Waals surface area contributed by atoms with E-state index in [1.807, 2.05) is 41.8 Å². The molecule has 0 saturated carbocycles. The molecule has 4 aromatic rings. The summed E-state index contributed by atoms with van der Waals surface area (Å²) < 4.78 is 5.53. The van der Waals surface area contributed by atoms with Crippen molar-refractivity contribution < 1.29 is 4.74 Å². The van der Waals surface area contributed by atoms with Crippen molar-refractivity contribution in [2.24, 2.45) is 0 Å². The number of hydrogen-bond donors (Lipinski definition) is 1. The van der Waals surface area contributed by atoms with Gasteiger partial charge in [-0.2, -0.15) is 0 Å². The Labute approximate surface area is 163 Å². The van der Waals surface area contributed by atoms with Crippen molar-refractivity contribution in [2.75, 3.05) is 12.4 Å². The highest BCUT2D eigenvalue weighted by Gasteiger charge is 2.19. The van der Waals surface area contributed by atoms with Crippen LogP contribution in [-0.4, -0.2) is 22.3 Å². The number of ether oxygens (including phenoxy) is 1. The predicted octanol–water partition coefficient (Wildman–Crippen LogP) is 5.73. The number of pyridine rings is 1. The van der Waals surface area contributed by atoms with Crippen LogP contribution in [0.3, 0.4) is 0 Å². The van der Waals surface area contributed by atoms with E-state index in [1.165, 1.54) is 11.3 Å². The number of benzene rings is 1. The molecule has 3 heterocycles. The Morgan fingerprint density at radius 3 is 2.54 bits per heavy atom. The first-order valence-electron chi connectivity index (χ1n) is 7.67. The van der Waals surface area contributed by atoms with Crippen LogP contribution in [0.1, 0.15) is 0 Å². The van der Waals surface area contributed by atoms with Gasteiger partial charge in [-0.05, 0) is 42.0 Å². The second kappa shape index (κ2) is 7.41. The molecule has 0 aliphatic heterocycles. The van der Waals surface area contributed by atoms with E-state index in [-0.39, 0.29) is 0 Å². The van der Waals surface area contributed by atoms with Gasteiger partial charge in [0, 0.05) is 34.0 Å². The molecule has 4 rings (SSSR count). The van der Waals surface area contributed by atoms with Gasteiger partial charge in [0.15, 0.2) is 5.01 Å². The molecule has 1 aromatic carbocycles. The van der Waals surface area contributed by atoms with Crippen molar-refractivity contribution >= 4 is 45.1 Å². The first kappa shape index (κ1) is 17.0. The zero-order valence-electron chi connectivity index (χ0n) is 13.6. The Bertz CT molecular complexity index is 1020. The van der Waals surface area contributed by atoms with Crippen LogP contribution in [-0.2, 0) is 0 Å². The van der Waals surface area contributed by atoms with Gasteiger partial charge in [-0.1, -0.05) is 22.9 Å². The summed E-state index contributed by atoms with van der Waals surface area (Å²) in [6.07, 6.45) is 3.54. The van der Waals surface area contributed by atoms with Crippen LogP contribution in [0.25, 0.3) is 21.0 Å². The lowest BCUT2D eigenvalue weighted by atomic mass is 10.1. The summed E-state index contributed by atoms with van der Waals surface area (Å²) in [5, 5.41) is 16.1. The molecule has 0 aliphatic rings. The molecule has 3 aromatic heterocycles. The topological polar surface area (TPSA) is 59.9 Å². The molecular weight excluding hydrogens is 388 g/mol. The van der Waals surface area contributed by atoms with Crippen LogP contribution in [0.15, 0.2) is 54.2 Å². The molecule has 0 unspecified atom stereocenters. The van der Waals surface area contributed by atoms with Gasteiger partial charge in [0.1, 0.15) is 5.75 Å². The molecule has 5 nitrogen and oxygen atoms in total. The summed E-state index contributed by atoms with van der Waals surface area (Å²) in [6, 6.07) is 11.4. The van der Waals surface area contributed by atoms with Crippen molar-refractivity contribution in [3.63, 3.8) is 0 Å². The molecule has 0 bridgehead atoms. The van der Waals surface area contributed by atoms with E-state index >= 15 is 0 Å². The average molecular weight is 401 g/mol. The number of nitrogens with zero attached hydrogens (tertiary/aromatic N) is 3. The van der Waals surface area contributed by atoms with E-state index in [2.05, 4.69) is 20.5 Å². The third-order valence-electron chi connectivity index (χ3n) is 3.66. The molecule has 0 saturated heterocycles. The lowest BCUT2D eigenvalue weighted by Gasteiger charge is -2.05. The summed E-state index contributed by atoms with van der Waals surface area (Å²) in [6.45, 7) is 0. The zero-order valence-corrected chi connectivity index (χ0v) is 16.0. The third kappa shape index (κ3) is 3.41. The Hall–Kier alpha value is -2.48. The minimum absolute atomic E-state index is 0.696. The Morgan fingerprint density at radius 1 is 1.04 bits per heavy atom. The number of anilines is 2. The van der Waals surface area contributed by atoms with Crippen LogP contribution >= 0.6 is 34.3 Å². The van der Waals surface area contributed by atoms with E-state index < -0.39 is 0 Å². The maximum absolute atomic E-state index is 5.92. The van der Waals surface area contributed by atoms with E-state index in [9.17, 15) is 0 Å². The van der Waals surface area contributed by atoms with Crippen molar-refractivity contribution in [3.05, 3.63) is 59.2 Å². The quantitative estimate of drug-likeness (QED) is 0.463. The van der Waals surface area contributed by atoms with E-state index in [1.54, 1.807) is 30.8 Å². The third-order valence-corrected chi connectivity index (χ3v) is 5.86. The molecule has 0 aliphatic carbocycles. The minimum Gasteiger partial charge on any atom is -0.495 e. The van der Waals surface area contributed by atoms with Crippen molar-refractivity contribution in [3.8, 4) is 26.8 Å². The lowest BCUT2D eigenvalue weighted by Crippen LogP contribution is -1.88. The van der Waals surface area contributed by atoms with Crippen molar-refractivity contribution in [2.45, 2.75) is 0 Å². The van der Waals surface area contributed by atoms with Gasteiger partial charge < -0.3 is 10.1 Å². The van der Waals surface area contributed by atoms with Crippen LogP contribution in [0.4, 0.5) is 10.8 Å². The molecular formula is C18H13ClN4OS2. The van der Waals surface area contributed by atoms with Crippen LogP contribution in [0.5, 0.6) is 5.75 Å². The van der Waals surface area contributed by atoms with Gasteiger partial charge in [0.2, 0.25) is 5.13 Å². The Balaban J connectivity index is 1.68. The second-order valence-corrected chi connectivity index (χ2v) is 7.58. The fourth-order valence-corrected chi connectivity index (χ4v) is 4.49. The SMILES string of the molecule is COc1csc(-c2nnc(Nc3ccc(Cl)cc3)s2)c1-c1ccncc1. The molecule has 0 radical (unpaired) electrons. The predicted molar refractivity (Wildman–Crippen MR) is 108 cm³/mol. The normalized spacial score (nSPS) is 10.7. The number of nitrogens with one attached hydrogen (secondary N) is 1. The molecule has 0 atom stereocenters. The molecule has 8 heteroatoms. The summed E-state index contributed by atoms with van der Waals surface area (Å²) in [5.74, 6) is 0.818. The zero-order chi connectivity index (χ0) is 17.9. The Kier molecular flexibility index (Phi) is 4.83. The first-order chi connectivity index (χ1) is 12.7. The maximum Gasteiger partial charge on any atom is 0.210 e. The number of aromatic nitrogens is 3. The first-order valence-corrected chi connectivity index (χ1v) is 9.74. The standard InChI is InChI=1S/C18H13ClN4OS2/c1-24-14-10-25-16(15(14)11-6-8-20-9-7-11)17-22-23-18(26-17)21-13-4-2-12(19)3-5-13/h2-10H,1H3,(H,21,23). The van der Waals surface area contributed by atoms with Gasteiger partial charge in [0.05, 0.1) is 12.0 Å². The summed E-state index contributed by atoms with van der Waals surface area (Å²) in [4.78, 5) is 5.11. The summed E-state index contributed by atoms with van der Waals surface area (Å²) in [5.41, 5.74) is 2.96. The highest BCUT2D eigenvalue weighted by Crippen LogP contribution is 2.45. The number of methoxy groups -OCH3 is 1. The highest BCUT2D eigenvalue weighted by molar-refractivity contribution is 7.23. The van der Waals surface area contributed by atoms with Crippen LogP contribution in [0, 0.1) is 0 Å². The van der Waals surface area contributed by atoms with Gasteiger partial charge in [-0.15, -0.1) is 21.5 Å². The van der Waals surface area contributed by atoms with E-state index in [0.717, 1.165) is 37.6 Å². The Morgan fingerprint density at radius 2 is 1.81 bits per heavy atom. The van der Waals surface area contributed by atoms with Crippen LogP contribution < -0.4 is 10.1 Å². The van der Waals surface area contributed by atoms with Gasteiger partial charge in [-0.25, -0.2) is 0 Å². The fourth-order valence-electron chi connectivity index (χ4n) is 2.46. The monoisotopic (exact) mass is 400 g/mol. The molecule has 26 heavy (non-hydrogen) atoms. The van der Waals surface area contributed by atoms with Crippen molar-refractivity contribution in [1.29, 1.82) is 0 Å². The minimum atomic E-state index is 0.696. The molecule has 0 amide bonds. The summed E-state index contributed by atoms with van der Waals surface area (Å²) in [7, 11) is 1.67. The smallest absolute Gasteiger partial charge is 0.210 e. The molecule has 130 valence electrons. The largest absolute Gasteiger partial charge is 0.495 e. The van der Waals surface area contributed by atoms with Crippen LogP contribution in [0.2, 0.25) is 5.02 Å². The average Bonchev–Trinajstić information content (AvgIpc) is 3.30. The highest BCUT2D eigenvalue weighted by atomic mass is 35.5. The number of thiophene rings is 1. The van der Waals surface area contributed by atoms with E-state index in [4.69, 9.17) is 16.3 Å². The lowest BCUT2D eigenvalue weighted by molar-refractivity contribution is 0.418. The summed E-state index contributed by atoms with van der Waals surface area (Å²) >= 11 is 9.00. The van der Waals surface area contributed by atoms with Gasteiger partial charge in [0.25, 0.3) is 0 Å². The number of rotatable bonds is 5. The number of halogens is 1. The van der Waals surface area contributed by atoms with Gasteiger partial charge >= 0.3 is 0 Å². The fraction of sp³-hybridized carbons (Fsp3) is 0.0556. The van der Waals surface area contributed by atoms with E-state index in [0.29, 0.717) is 5.02 Å². The van der Waals surface area contributed by atoms with Crippen molar-refractivity contribution in [1.82, 2.24) is 15.2 Å². The molecule has 0 fully saturated rings. The number of hydrogen-bond acceptors (Lipinski definition) is 7. The molecule has 0 spiro atoms. The maximum atomic E-state index is 5.92. The van der Waals surface area contributed by atoms with Gasteiger partial charge in [-0.3, -0.25) is 4.98 Å². The molecule has 1 N–H and O–H groups in total.